The SMILES string of the molecule is CNC(=O)C(=O)Nc1ccc(O)cc1C. The number of carbonyl (C=O) groups is 2. The van der Waals surface area contributed by atoms with Crippen LogP contribution < -0.4 is 10.6 Å². The van der Waals surface area contributed by atoms with Crippen LogP contribution in [0, 0.1) is 6.92 Å². The zero-order valence-electron chi connectivity index (χ0n) is 8.50. The van der Waals surface area contributed by atoms with Gasteiger partial charge in [-0.3, -0.25) is 9.59 Å². The number of carbonyl (C=O) groups excluding carboxylic acids is 2. The molecule has 0 unspecified atom stereocenters. The zero-order chi connectivity index (χ0) is 11.4. The molecule has 0 saturated carbocycles. The van der Waals surface area contributed by atoms with Crippen LogP contribution in [-0.4, -0.2) is 24.0 Å². The van der Waals surface area contributed by atoms with Gasteiger partial charge in [-0.1, -0.05) is 0 Å². The number of benzene rings is 1. The second kappa shape index (κ2) is 4.45. The molecule has 5 nitrogen and oxygen atoms in total. The summed E-state index contributed by atoms with van der Waals surface area (Å²) in [5.74, 6) is -1.32. The minimum absolute atomic E-state index is 0.116. The van der Waals surface area contributed by atoms with Crippen LogP contribution in [0.15, 0.2) is 18.2 Å². The van der Waals surface area contributed by atoms with Crippen LogP contribution in [0.25, 0.3) is 0 Å². The highest BCUT2D eigenvalue weighted by molar-refractivity contribution is 6.39. The topological polar surface area (TPSA) is 78.4 Å². The normalized spacial score (nSPS) is 9.47. The number of hydrogen-bond acceptors (Lipinski definition) is 3. The Bertz CT molecular complexity index is 402. The molecule has 1 aromatic carbocycles. The first-order valence-corrected chi connectivity index (χ1v) is 4.37. The van der Waals surface area contributed by atoms with E-state index in [1.807, 2.05) is 0 Å². The van der Waals surface area contributed by atoms with E-state index in [1.54, 1.807) is 6.92 Å². The summed E-state index contributed by atoms with van der Waals surface area (Å²) in [6, 6.07) is 4.47. The molecule has 0 aliphatic carbocycles. The van der Waals surface area contributed by atoms with Crippen LogP contribution >= 0.6 is 0 Å². The number of rotatable bonds is 1. The Labute approximate surface area is 87.1 Å². The molecule has 0 fully saturated rings. The van der Waals surface area contributed by atoms with E-state index < -0.39 is 11.8 Å². The van der Waals surface area contributed by atoms with E-state index >= 15 is 0 Å². The van der Waals surface area contributed by atoms with E-state index in [9.17, 15) is 9.59 Å². The monoisotopic (exact) mass is 208 g/mol. The molecule has 0 saturated heterocycles. The van der Waals surface area contributed by atoms with Gasteiger partial charge in [0.05, 0.1) is 0 Å². The first-order valence-electron chi connectivity index (χ1n) is 4.37. The molecule has 0 aliphatic heterocycles. The fourth-order valence-corrected chi connectivity index (χ4v) is 1.08. The van der Waals surface area contributed by atoms with Gasteiger partial charge < -0.3 is 15.7 Å². The Balaban J connectivity index is 2.81. The van der Waals surface area contributed by atoms with Crippen molar-refractivity contribution in [1.82, 2.24) is 5.32 Å². The molecular formula is C10H12N2O3. The number of nitrogens with one attached hydrogen (secondary N) is 2. The highest BCUT2D eigenvalue weighted by Crippen LogP contribution is 2.19. The summed E-state index contributed by atoms with van der Waals surface area (Å²) in [5, 5.41) is 13.8. The predicted molar refractivity (Wildman–Crippen MR) is 55.5 cm³/mol. The molecule has 1 rings (SSSR count). The molecule has 0 heterocycles. The van der Waals surface area contributed by atoms with E-state index in [2.05, 4.69) is 10.6 Å². The van der Waals surface area contributed by atoms with Gasteiger partial charge in [0.1, 0.15) is 5.75 Å². The van der Waals surface area contributed by atoms with Crippen molar-refractivity contribution in [2.24, 2.45) is 0 Å². The van der Waals surface area contributed by atoms with Gasteiger partial charge in [0, 0.05) is 12.7 Å². The molecule has 1 aromatic rings. The molecule has 3 N–H and O–H groups in total. The highest BCUT2D eigenvalue weighted by Gasteiger charge is 2.12. The van der Waals surface area contributed by atoms with E-state index in [1.165, 1.54) is 25.2 Å². The van der Waals surface area contributed by atoms with Crippen molar-refractivity contribution in [3.8, 4) is 5.75 Å². The number of aryl methyl sites for hydroxylation is 1. The number of hydrogen-bond donors (Lipinski definition) is 3. The van der Waals surface area contributed by atoms with E-state index in [0.717, 1.165) is 0 Å². The number of phenols is 1. The maximum Gasteiger partial charge on any atom is 0.313 e. The van der Waals surface area contributed by atoms with Crippen LogP contribution in [0.3, 0.4) is 0 Å². The molecule has 80 valence electrons. The van der Waals surface area contributed by atoms with Crippen molar-refractivity contribution in [3.05, 3.63) is 23.8 Å². The lowest BCUT2D eigenvalue weighted by molar-refractivity contribution is -0.135. The first-order chi connectivity index (χ1) is 7.04. The van der Waals surface area contributed by atoms with Crippen molar-refractivity contribution >= 4 is 17.5 Å². The van der Waals surface area contributed by atoms with E-state index in [-0.39, 0.29) is 5.75 Å². The van der Waals surface area contributed by atoms with Crippen molar-refractivity contribution in [2.45, 2.75) is 6.92 Å². The van der Waals surface area contributed by atoms with Gasteiger partial charge >= 0.3 is 11.8 Å². The van der Waals surface area contributed by atoms with Crippen LogP contribution in [0.2, 0.25) is 0 Å². The fraction of sp³-hybridized carbons (Fsp3) is 0.200. The summed E-state index contributed by atoms with van der Waals surface area (Å²) in [7, 11) is 1.38. The molecule has 0 atom stereocenters. The predicted octanol–water partition coefficient (Wildman–Crippen LogP) is 0.385. The Morgan fingerprint density at radius 2 is 1.93 bits per heavy atom. The third kappa shape index (κ3) is 2.70. The quantitative estimate of drug-likeness (QED) is 0.461. The summed E-state index contributed by atoms with van der Waals surface area (Å²) in [4.78, 5) is 22.1. The average molecular weight is 208 g/mol. The molecule has 0 aromatic heterocycles. The van der Waals surface area contributed by atoms with Crippen molar-refractivity contribution in [3.63, 3.8) is 0 Å². The van der Waals surface area contributed by atoms with Crippen LogP contribution in [0.4, 0.5) is 5.69 Å². The Morgan fingerprint density at radius 1 is 1.27 bits per heavy atom. The van der Waals surface area contributed by atoms with Crippen LogP contribution in [0.1, 0.15) is 5.56 Å². The van der Waals surface area contributed by atoms with Gasteiger partial charge in [-0.25, -0.2) is 0 Å². The molecule has 0 bridgehead atoms. The second-order valence-electron chi connectivity index (χ2n) is 3.03. The third-order valence-electron chi connectivity index (χ3n) is 1.89. The minimum Gasteiger partial charge on any atom is -0.508 e. The number of aromatic hydroxyl groups is 1. The molecule has 2 amide bonds. The number of phenolic OH excluding ortho intramolecular Hbond substituents is 1. The van der Waals surface area contributed by atoms with Gasteiger partial charge in [0.15, 0.2) is 0 Å². The second-order valence-corrected chi connectivity index (χ2v) is 3.03. The lowest BCUT2D eigenvalue weighted by Crippen LogP contribution is -2.32. The van der Waals surface area contributed by atoms with E-state index in [0.29, 0.717) is 11.3 Å². The smallest absolute Gasteiger partial charge is 0.313 e. The van der Waals surface area contributed by atoms with Gasteiger partial charge in [0.25, 0.3) is 0 Å². The molecule has 0 aliphatic rings. The molecule has 0 spiro atoms. The van der Waals surface area contributed by atoms with Crippen molar-refractivity contribution in [2.75, 3.05) is 12.4 Å². The molecule has 0 radical (unpaired) electrons. The van der Waals surface area contributed by atoms with Crippen molar-refractivity contribution < 1.29 is 14.7 Å². The Hall–Kier alpha value is -2.04. The summed E-state index contributed by atoms with van der Waals surface area (Å²) in [6.07, 6.45) is 0. The van der Waals surface area contributed by atoms with Crippen LogP contribution in [0.5, 0.6) is 5.75 Å². The maximum absolute atomic E-state index is 11.2. The Kier molecular flexibility index (Phi) is 3.28. The van der Waals surface area contributed by atoms with Gasteiger partial charge in [-0.15, -0.1) is 0 Å². The fourth-order valence-electron chi connectivity index (χ4n) is 1.08. The summed E-state index contributed by atoms with van der Waals surface area (Å²) in [6.45, 7) is 1.72. The Morgan fingerprint density at radius 3 is 2.47 bits per heavy atom. The maximum atomic E-state index is 11.2. The largest absolute Gasteiger partial charge is 0.508 e. The zero-order valence-corrected chi connectivity index (χ0v) is 8.50. The lowest BCUT2D eigenvalue weighted by atomic mass is 10.2. The van der Waals surface area contributed by atoms with Gasteiger partial charge in [-0.2, -0.15) is 0 Å². The molecule has 15 heavy (non-hydrogen) atoms. The lowest BCUT2D eigenvalue weighted by Gasteiger charge is -2.07. The number of amides is 2. The number of anilines is 1. The first kappa shape index (κ1) is 11.0. The highest BCUT2D eigenvalue weighted by atomic mass is 16.3. The van der Waals surface area contributed by atoms with E-state index in [4.69, 9.17) is 5.11 Å². The molecule has 5 heteroatoms. The van der Waals surface area contributed by atoms with Gasteiger partial charge in [-0.05, 0) is 30.7 Å². The van der Waals surface area contributed by atoms with Crippen LogP contribution in [-0.2, 0) is 9.59 Å². The summed E-state index contributed by atoms with van der Waals surface area (Å²) >= 11 is 0. The standard InChI is InChI=1S/C10H12N2O3/c1-6-5-7(13)3-4-8(6)12-10(15)9(14)11-2/h3-5,13H,1-2H3,(H,11,14)(H,12,15). The summed E-state index contributed by atoms with van der Waals surface area (Å²) in [5.41, 5.74) is 1.19. The van der Waals surface area contributed by atoms with Gasteiger partial charge in [0.2, 0.25) is 0 Å². The minimum atomic E-state index is -0.730. The van der Waals surface area contributed by atoms with Crippen molar-refractivity contribution in [1.29, 1.82) is 0 Å². The average Bonchev–Trinajstić information content (AvgIpc) is 2.20. The summed E-state index contributed by atoms with van der Waals surface area (Å²) < 4.78 is 0. The number of likely N-dealkylation sites (N-methyl/N-ethyl adjacent to an activating group) is 1. The molecular weight excluding hydrogens is 196 g/mol. The third-order valence-corrected chi connectivity index (χ3v) is 1.89.